The minimum atomic E-state index is -0.507. The predicted molar refractivity (Wildman–Crippen MR) is 128 cm³/mol. The van der Waals surface area contributed by atoms with Crippen LogP contribution in [0.15, 0.2) is 90.1 Å². The predicted octanol–water partition coefficient (Wildman–Crippen LogP) is 5.30. The summed E-state index contributed by atoms with van der Waals surface area (Å²) in [5.41, 5.74) is 2.84. The van der Waals surface area contributed by atoms with Crippen molar-refractivity contribution < 1.29 is 14.0 Å². The van der Waals surface area contributed by atoms with Crippen LogP contribution in [0.2, 0.25) is 0 Å². The molecule has 8 heteroatoms. The highest BCUT2D eigenvalue weighted by Gasteiger charge is 2.14. The van der Waals surface area contributed by atoms with E-state index in [0.717, 1.165) is 11.3 Å². The van der Waals surface area contributed by atoms with Crippen LogP contribution in [-0.2, 0) is 4.79 Å². The molecule has 0 saturated carbocycles. The SMILES string of the molecule is Cc1ccc(NC(=O)CSc2ccccc2C(=O)Nc2ccc(-n3cccn3)c(F)c2)cc1. The molecule has 0 aliphatic heterocycles. The molecule has 4 aromatic rings. The number of carbonyl (C=O) groups excluding carboxylic acids is 2. The summed E-state index contributed by atoms with van der Waals surface area (Å²) in [6, 6.07) is 20.6. The molecule has 2 amide bonds. The van der Waals surface area contributed by atoms with Crippen LogP contribution in [0.5, 0.6) is 0 Å². The van der Waals surface area contributed by atoms with Crippen LogP contribution < -0.4 is 10.6 Å². The molecule has 1 aromatic heterocycles. The third-order valence-electron chi connectivity index (χ3n) is 4.78. The third-order valence-corrected chi connectivity index (χ3v) is 5.86. The van der Waals surface area contributed by atoms with E-state index in [1.54, 1.807) is 54.9 Å². The van der Waals surface area contributed by atoms with Crippen molar-refractivity contribution in [2.75, 3.05) is 16.4 Å². The molecule has 0 fully saturated rings. The van der Waals surface area contributed by atoms with Crippen molar-refractivity contribution in [3.05, 3.63) is 102 Å². The van der Waals surface area contributed by atoms with Gasteiger partial charge in [-0.05, 0) is 55.5 Å². The number of thioether (sulfide) groups is 1. The zero-order valence-electron chi connectivity index (χ0n) is 17.8. The second-order valence-corrected chi connectivity index (χ2v) is 8.29. The lowest BCUT2D eigenvalue weighted by molar-refractivity contribution is -0.113. The standard InChI is InChI=1S/C25H21FN4O2S/c1-17-7-9-18(10-8-17)28-24(31)16-33-23-6-3-2-5-20(23)25(32)29-19-11-12-22(21(26)15-19)30-14-4-13-27-30/h2-15H,16H2,1H3,(H,28,31)(H,29,32). The minimum absolute atomic E-state index is 0.144. The summed E-state index contributed by atoms with van der Waals surface area (Å²) < 4.78 is 15.9. The maximum atomic E-state index is 14.5. The zero-order valence-corrected chi connectivity index (χ0v) is 18.6. The number of carbonyl (C=O) groups is 2. The second kappa shape index (κ2) is 10.1. The van der Waals surface area contributed by atoms with E-state index in [-0.39, 0.29) is 23.3 Å². The minimum Gasteiger partial charge on any atom is -0.325 e. The van der Waals surface area contributed by atoms with Gasteiger partial charge in [0, 0.05) is 28.7 Å². The number of hydrogen-bond donors (Lipinski definition) is 2. The Kier molecular flexibility index (Phi) is 6.85. The van der Waals surface area contributed by atoms with Gasteiger partial charge in [0.15, 0.2) is 5.82 Å². The summed E-state index contributed by atoms with van der Waals surface area (Å²) >= 11 is 1.26. The van der Waals surface area contributed by atoms with Crippen molar-refractivity contribution in [1.29, 1.82) is 0 Å². The number of anilines is 2. The quantitative estimate of drug-likeness (QED) is 0.367. The van der Waals surface area contributed by atoms with Gasteiger partial charge in [0.1, 0.15) is 5.69 Å². The maximum absolute atomic E-state index is 14.5. The normalized spacial score (nSPS) is 10.6. The van der Waals surface area contributed by atoms with Crippen molar-refractivity contribution in [3.8, 4) is 5.69 Å². The van der Waals surface area contributed by atoms with Crippen LogP contribution in [0, 0.1) is 12.7 Å². The highest BCUT2D eigenvalue weighted by Crippen LogP contribution is 2.25. The molecule has 3 aromatic carbocycles. The van der Waals surface area contributed by atoms with E-state index in [1.165, 1.54) is 22.5 Å². The molecule has 0 aliphatic carbocycles. The Morgan fingerprint density at radius 1 is 0.970 bits per heavy atom. The Labute approximate surface area is 194 Å². The summed E-state index contributed by atoms with van der Waals surface area (Å²) in [4.78, 5) is 25.8. The van der Waals surface area contributed by atoms with Crippen molar-refractivity contribution >= 4 is 35.0 Å². The third kappa shape index (κ3) is 5.67. The Morgan fingerprint density at radius 3 is 2.45 bits per heavy atom. The summed E-state index contributed by atoms with van der Waals surface area (Å²) in [6.07, 6.45) is 3.20. The first-order chi connectivity index (χ1) is 16.0. The molecule has 0 saturated heterocycles. The van der Waals surface area contributed by atoms with Crippen molar-refractivity contribution in [2.24, 2.45) is 0 Å². The molecule has 33 heavy (non-hydrogen) atoms. The number of nitrogens with one attached hydrogen (secondary N) is 2. The lowest BCUT2D eigenvalue weighted by atomic mass is 10.2. The Bertz CT molecular complexity index is 1270. The first-order valence-corrected chi connectivity index (χ1v) is 11.2. The largest absolute Gasteiger partial charge is 0.325 e. The fourth-order valence-electron chi connectivity index (χ4n) is 3.14. The van der Waals surface area contributed by atoms with E-state index in [0.29, 0.717) is 16.1 Å². The molecule has 0 atom stereocenters. The van der Waals surface area contributed by atoms with Crippen molar-refractivity contribution in [2.45, 2.75) is 11.8 Å². The van der Waals surface area contributed by atoms with Crippen LogP contribution in [0.1, 0.15) is 15.9 Å². The molecule has 0 radical (unpaired) electrons. The van der Waals surface area contributed by atoms with Gasteiger partial charge in [0.2, 0.25) is 5.91 Å². The van der Waals surface area contributed by atoms with E-state index in [1.807, 2.05) is 31.2 Å². The Balaban J connectivity index is 1.41. The van der Waals surface area contributed by atoms with Gasteiger partial charge < -0.3 is 10.6 Å². The summed E-state index contributed by atoms with van der Waals surface area (Å²) in [7, 11) is 0. The number of halogens is 1. The van der Waals surface area contributed by atoms with Crippen molar-refractivity contribution in [3.63, 3.8) is 0 Å². The van der Waals surface area contributed by atoms with E-state index in [4.69, 9.17) is 0 Å². The van der Waals surface area contributed by atoms with Crippen LogP contribution in [0.4, 0.5) is 15.8 Å². The van der Waals surface area contributed by atoms with Crippen molar-refractivity contribution in [1.82, 2.24) is 9.78 Å². The molecular formula is C25H21FN4O2S. The topological polar surface area (TPSA) is 76.0 Å². The second-order valence-electron chi connectivity index (χ2n) is 7.27. The lowest BCUT2D eigenvalue weighted by Gasteiger charge is -2.11. The van der Waals surface area contributed by atoms with Crippen LogP contribution in [-0.4, -0.2) is 27.3 Å². The molecule has 1 heterocycles. The van der Waals surface area contributed by atoms with Gasteiger partial charge in [0.25, 0.3) is 5.91 Å². The van der Waals surface area contributed by atoms with E-state index in [9.17, 15) is 14.0 Å². The Morgan fingerprint density at radius 2 is 1.73 bits per heavy atom. The first kappa shape index (κ1) is 22.3. The van der Waals surface area contributed by atoms with Crippen LogP contribution in [0.25, 0.3) is 5.69 Å². The summed E-state index contributed by atoms with van der Waals surface area (Å²) in [5.74, 6) is -0.920. The average Bonchev–Trinajstić information content (AvgIpc) is 3.34. The van der Waals surface area contributed by atoms with Gasteiger partial charge in [-0.15, -0.1) is 11.8 Å². The average molecular weight is 461 g/mol. The fraction of sp³-hybridized carbons (Fsp3) is 0.0800. The van der Waals surface area contributed by atoms with Gasteiger partial charge in [-0.1, -0.05) is 29.8 Å². The molecule has 166 valence electrons. The van der Waals surface area contributed by atoms with Gasteiger partial charge in [0.05, 0.1) is 11.3 Å². The number of rotatable bonds is 7. The molecule has 0 aliphatic rings. The number of amides is 2. The molecule has 0 spiro atoms. The van der Waals surface area contributed by atoms with Gasteiger partial charge in [-0.2, -0.15) is 5.10 Å². The lowest BCUT2D eigenvalue weighted by Crippen LogP contribution is -2.16. The fourth-order valence-corrected chi connectivity index (χ4v) is 3.99. The number of aryl methyl sites for hydroxylation is 1. The smallest absolute Gasteiger partial charge is 0.256 e. The molecule has 4 rings (SSSR count). The number of benzene rings is 3. The van der Waals surface area contributed by atoms with E-state index >= 15 is 0 Å². The maximum Gasteiger partial charge on any atom is 0.256 e. The molecule has 6 nitrogen and oxygen atoms in total. The highest BCUT2D eigenvalue weighted by atomic mass is 32.2. The molecule has 2 N–H and O–H groups in total. The number of hydrogen-bond acceptors (Lipinski definition) is 4. The molecule has 0 bridgehead atoms. The summed E-state index contributed by atoms with van der Waals surface area (Å²) in [5, 5.41) is 9.58. The van der Waals surface area contributed by atoms with Crippen LogP contribution in [0.3, 0.4) is 0 Å². The summed E-state index contributed by atoms with van der Waals surface area (Å²) in [6.45, 7) is 1.98. The Hall–Kier alpha value is -3.91. The number of nitrogens with zero attached hydrogens (tertiary/aromatic N) is 2. The van der Waals surface area contributed by atoms with Gasteiger partial charge in [-0.3, -0.25) is 9.59 Å². The van der Waals surface area contributed by atoms with Gasteiger partial charge >= 0.3 is 0 Å². The zero-order chi connectivity index (χ0) is 23.2. The molecule has 0 unspecified atom stereocenters. The number of aromatic nitrogens is 2. The van der Waals surface area contributed by atoms with Crippen LogP contribution >= 0.6 is 11.8 Å². The van der Waals surface area contributed by atoms with E-state index < -0.39 is 5.82 Å². The van der Waals surface area contributed by atoms with Gasteiger partial charge in [-0.25, -0.2) is 9.07 Å². The van der Waals surface area contributed by atoms with E-state index in [2.05, 4.69) is 15.7 Å². The monoisotopic (exact) mass is 460 g/mol. The first-order valence-electron chi connectivity index (χ1n) is 10.2. The highest BCUT2D eigenvalue weighted by molar-refractivity contribution is 8.00. The molecular weight excluding hydrogens is 439 g/mol.